The number of Topliss-reactive ketones (excluding diaryl/α,β-unsaturated/α-hetero) is 1. The van der Waals surface area contributed by atoms with Gasteiger partial charge in [-0.1, -0.05) is 31.0 Å². The van der Waals surface area contributed by atoms with Crippen LogP contribution in [0.25, 0.3) is 0 Å². The lowest BCUT2D eigenvalue weighted by atomic mass is 9.79. The number of carbonyl (C=O) groups is 1. The van der Waals surface area contributed by atoms with Crippen molar-refractivity contribution < 1.29 is 4.79 Å². The highest BCUT2D eigenvalue weighted by Crippen LogP contribution is 2.32. The standard InChI is InChI=1S/C17H24OS/c1-3-14-6-8-15(9-7-14)17(18)12-19-16-10-4-13(2)5-11-16/h4-5,10-11,14-15H,3,6-9,12H2,1-2H3. The normalized spacial score (nSPS) is 23.3. The van der Waals surface area contributed by atoms with Gasteiger partial charge in [-0.25, -0.2) is 0 Å². The summed E-state index contributed by atoms with van der Waals surface area (Å²) >= 11 is 1.69. The smallest absolute Gasteiger partial charge is 0.146 e. The minimum absolute atomic E-state index is 0.334. The summed E-state index contributed by atoms with van der Waals surface area (Å²) in [5.74, 6) is 2.31. The zero-order valence-corrected chi connectivity index (χ0v) is 12.8. The highest BCUT2D eigenvalue weighted by Gasteiger charge is 2.25. The Hall–Kier alpha value is -0.760. The van der Waals surface area contributed by atoms with Crippen LogP contribution in [0.3, 0.4) is 0 Å². The molecule has 19 heavy (non-hydrogen) atoms. The number of thioether (sulfide) groups is 1. The van der Waals surface area contributed by atoms with Gasteiger partial charge in [-0.3, -0.25) is 4.79 Å². The third-order valence-electron chi connectivity index (χ3n) is 4.28. The quantitative estimate of drug-likeness (QED) is 0.713. The van der Waals surface area contributed by atoms with Gasteiger partial charge in [0.05, 0.1) is 5.75 Å². The average molecular weight is 276 g/mol. The van der Waals surface area contributed by atoms with Gasteiger partial charge in [0.15, 0.2) is 0 Å². The van der Waals surface area contributed by atoms with Crippen LogP contribution in [-0.2, 0) is 4.79 Å². The number of hydrogen-bond acceptors (Lipinski definition) is 2. The number of carbonyl (C=O) groups excluding carboxylic acids is 1. The van der Waals surface area contributed by atoms with Gasteiger partial charge in [0.2, 0.25) is 0 Å². The molecule has 0 atom stereocenters. The van der Waals surface area contributed by atoms with E-state index in [1.807, 2.05) is 0 Å². The van der Waals surface area contributed by atoms with Crippen LogP contribution in [0.1, 0.15) is 44.6 Å². The molecule has 0 unspecified atom stereocenters. The Morgan fingerprint density at radius 2 is 1.79 bits per heavy atom. The van der Waals surface area contributed by atoms with Crippen LogP contribution in [0.4, 0.5) is 0 Å². The molecule has 1 nitrogen and oxygen atoms in total. The van der Waals surface area contributed by atoms with Crippen molar-refractivity contribution >= 4 is 17.5 Å². The molecule has 0 N–H and O–H groups in total. The number of aryl methyl sites for hydroxylation is 1. The monoisotopic (exact) mass is 276 g/mol. The van der Waals surface area contributed by atoms with Crippen molar-refractivity contribution in [1.82, 2.24) is 0 Å². The predicted molar refractivity (Wildman–Crippen MR) is 82.6 cm³/mol. The van der Waals surface area contributed by atoms with Crippen molar-refractivity contribution in [3.8, 4) is 0 Å². The fraction of sp³-hybridized carbons (Fsp3) is 0.588. The molecular formula is C17H24OS. The molecule has 0 bridgehead atoms. The summed E-state index contributed by atoms with van der Waals surface area (Å²) in [5.41, 5.74) is 1.27. The molecule has 0 aromatic heterocycles. The van der Waals surface area contributed by atoms with Crippen LogP contribution in [-0.4, -0.2) is 11.5 Å². The second-order valence-electron chi connectivity index (χ2n) is 5.69. The highest BCUT2D eigenvalue weighted by molar-refractivity contribution is 8.00. The van der Waals surface area contributed by atoms with E-state index < -0.39 is 0 Å². The van der Waals surface area contributed by atoms with Crippen LogP contribution in [0.5, 0.6) is 0 Å². The maximum absolute atomic E-state index is 12.2. The Kier molecular flexibility index (Phi) is 5.50. The number of hydrogen-bond donors (Lipinski definition) is 0. The first-order valence-corrected chi connectivity index (χ1v) is 8.39. The lowest BCUT2D eigenvalue weighted by molar-refractivity contribution is -0.121. The zero-order chi connectivity index (χ0) is 13.7. The molecular weight excluding hydrogens is 252 g/mol. The van der Waals surface area contributed by atoms with Crippen molar-refractivity contribution in [2.75, 3.05) is 5.75 Å². The van der Waals surface area contributed by atoms with Gasteiger partial charge >= 0.3 is 0 Å². The molecule has 1 aromatic rings. The van der Waals surface area contributed by atoms with Crippen molar-refractivity contribution in [3.05, 3.63) is 29.8 Å². The summed E-state index contributed by atoms with van der Waals surface area (Å²) in [6.45, 7) is 4.35. The van der Waals surface area contributed by atoms with Crippen molar-refractivity contribution in [3.63, 3.8) is 0 Å². The Morgan fingerprint density at radius 3 is 2.37 bits per heavy atom. The maximum Gasteiger partial charge on any atom is 0.146 e. The van der Waals surface area contributed by atoms with Crippen molar-refractivity contribution in [2.45, 2.75) is 50.8 Å². The maximum atomic E-state index is 12.2. The topological polar surface area (TPSA) is 17.1 Å². The van der Waals surface area contributed by atoms with E-state index in [2.05, 4.69) is 38.1 Å². The molecule has 2 rings (SSSR count). The summed E-state index contributed by atoms with van der Waals surface area (Å²) in [7, 11) is 0. The first-order valence-electron chi connectivity index (χ1n) is 7.41. The third kappa shape index (κ3) is 4.38. The van der Waals surface area contributed by atoms with Gasteiger partial charge in [-0.2, -0.15) is 0 Å². The summed E-state index contributed by atoms with van der Waals surface area (Å²) in [4.78, 5) is 13.4. The summed E-state index contributed by atoms with van der Waals surface area (Å²) in [5, 5.41) is 0. The molecule has 104 valence electrons. The number of benzene rings is 1. The van der Waals surface area contributed by atoms with Crippen molar-refractivity contribution in [1.29, 1.82) is 0 Å². The summed E-state index contributed by atoms with van der Waals surface area (Å²) in [6.07, 6.45) is 6.01. The SMILES string of the molecule is CCC1CCC(C(=O)CSc2ccc(C)cc2)CC1. The fourth-order valence-corrected chi connectivity index (χ4v) is 3.67. The van der Waals surface area contributed by atoms with E-state index >= 15 is 0 Å². The predicted octanol–water partition coefficient (Wildman–Crippen LogP) is 4.87. The van der Waals surface area contributed by atoms with E-state index in [9.17, 15) is 4.79 Å². The van der Waals surface area contributed by atoms with Gasteiger partial charge in [0.1, 0.15) is 5.78 Å². The van der Waals surface area contributed by atoms with Gasteiger partial charge in [-0.05, 0) is 50.7 Å². The highest BCUT2D eigenvalue weighted by atomic mass is 32.2. The van der Waals surface area contributed by atoms with E-state index in [0.717, 1.165) is 18.8 Å². The zero-order valence-electron chi connectivity index (χ0n) is 12.0. The molecule has 1 saturated carbocycles. The van der Waals surface area contributed by atoms with Gasteiger partial charge in [0, 0.05) is 10.8 Å². The lowest BCUT2D eigenvalue weighted by Gasteiger charge is -2.26. The summed E-state index contributed by atoms with van der Waals surface area (Å²) in [6, 6.07) is 8.45. The van der Waals surface area contributed by atoms with Gasteiger partial charge in [0.25, 0.3) is 0 Å². The average Bonchev–Trinajstić information content (AvgIpc) is 2.46. The Morgan fingerprint density at radius 1 is 1.16 bits per heavy atom. The Balaban J connectivity index is 1.77. The first-order chi connectivity index (χ1) is 9.19. The van der Waals surface area contributed by atoms with Crippen LogP contribution in [0.2, 0.25) is 0 Å². The Bertz CT molecular complexity index is 402. The molecule has 0 saturated heterocycles. The Labute approximate surface area is 121 Å². The van der Waals surface area contributed by atoms with Crippen LogP contribution < -0.4 is 0 Å². The molecule has 2 heteroatoms. The minimum Gasteiger partial charge on any atom is -0.298 e. The van der Waals surface area contributed by atoms with Gasteiger partial charge < -0.3 is 0 Å². The third-order valence-corrected chi connectivity index (χ3v) is 5.32. The second kappa shape index (κ2) is 7.14. The molecule has 0 spiro atoms. The number of ketones is 1. The minimum atomic E-state index is 0.334. The molecule has 1 fully saturated rings. The lowest BCUT2D eigenvalue weighted by Crippen LogP contribution is -2.23. The fourth-order valence-electron chi connectivity index (χ4n) is 2.80. The summed E-state index contributed by atoms with van der Waals surface area (Å²) < 4.78 is 0. The van der Waals surface area contributed by atoms with Crippen LogP contribution in [0, 0.1) is 18.8 Å². The molecule has 1 aromatic carbocycles. The molecule has 1 aliphatic carbocycles. The van der Waals surface area contributed by atoms with E-state index in [0.29, 0.717) is 17.5 Å². The van der Waals surface area contributed by atoms with Crippen LogP contribution in [0.15, 0.2) is 29.2 Å². The van der Waals surface area contributed by atoms with Gasteiger partial charge in [-0.15, -0.1) is 11.8 Å². The largest absolute Gasteiger partial charge is 0.298 e. The molecule has 0 radical (unpaired) electrons. The van der Waals surface area contributed by atoms with E-state index in [1.54, 1.807) is 11.8 Å². The molecule has 0 amide bonds. The van der Waals surface area contributed by atoms with Crippen LogP contribution >= 0.6 is 11.8 Å². The second-order valence-corrected chi connectivity index (χ2v) is 6.74. The first kappa shape index (κ1) is 14.6. The number of rotatable bonds is 5. The molecule has 0 aliphatic heterocycles. The van der Waals surface area contributed by atoms with Crippen molar-refractivity contribution in [2.24, 2.45) is 11.8 Å². The molecule has 1 aliphatic rings. The molecule has 0 heterocycles. The van der Waals surface area contributed by atoms with E-state index in [-0.39, 0.29) is 0 Å². The van der Waals surface area contributed by atoms with E-state index in [1.165, 1.54) is 29.7 Å². The van der Waals surface area contributed by atoms with E-state index in [4.69, 9.17) is 0 Å².